The average molecular weight is 427 g/mol. The van der Waals surface area contributed by atoms with Gasteiger partial charge >= 0.3 is 12.1 Å². The zero-order chi connectivity index (χ0) is 20.6. The van der Waals surface area contributed by atoms with E-state index in [1.807, 2.05) is 0 Å². The predicted molar refractivity (Wildman–Crippen MR) is 100 cm³/mol. The lowest BCUT2D eigenvalue weighted by Gasteiger charge is -2.17. The molecule has 1 saturated heterocycles. The fourth-order valence-corrected chi connectivity index (χ4v) is 3.73. The third kappa shape index (κ3) is 3.92. The summed E-state index contributed by atoms with van der Waals surface area (Å²) in [5, 5.41) is 8.89. The van der Waals surface area contributed by atoms with E-state index in [2.05, 4.69) is 0 Å². The highest BCUT2D eigenvalue weighted by atomic mass is 32.2. The van der Waals surface area contributed by atoms with Gasteiger partial charge in [0.25, 0.3) is 5.91 Å². The van der Waals surface area contributed by atoms with Crippen LogP contribution in [-0.2, 0) is 11.0 Å². The van der Waals surface area contributed by atoms with Crippen molar-refractivity contribution in [2.45, 2.75) is 6.18 Å². The molecule has 28 heavy (non-hydrogen) atoms. The molecule has 0 spiro atoms. The fourth-order valence-electron chi connectivity index (χ4n) is 2.43. The molecule has 1 aliphatic rings. The van der Waals surface area contributed by atoms with Gasteiger partial charge < -0.3 is 5.11 Å². The number of rotatable bonds is 3. The van der Waals surface area contributed by atoms with Crippen molar-refractivity contribution in [3.05, 3.63) is 69.9 Å². The number of thiocarbonyl (C=S) groups is 1. The van der Waals surface area contributed by atoms with Crippen LogP contribution in [0.4, 0.5) is 23.2 Å². The average Bonchev–Trinajstić information content (AvgIpc) is 2.89. The van der Waals surface area contributed by atoms with Crippen LogP contribution in [0.2, 0.25) is 0 Å². The van der Waals surface area contributed by atoms with E-state index in [4.69, 9.17) is 17.3 Å². The third-order valence-electron chi connectivity index (χ3n) is 3.76. The Morgan fingerprint density at radius 3 is 2.36 bits per heavy atom. The van der Waals surface area contributed by atoms with Gasteiger partial charge in [-0.25, -0.2) is 9.18 Å². The van der Waals surface area contributed by atoms with E-state index >= 15 is 0 Å². The number of nitrogens with zero attached hydrogens (tertiary/aromatic N) is 1. The summed E-state index contributed by atoms with van der Waals surface area (Å²) in [5.74, 6) is -3.21. The Morgan fingerprint density at radius 2 is 1.79 bits per heavy atom. The van der Waals surface area contributed by atoms with E-state index in [9.17, 15) is 27.2 Å². The number of hydrogen-bond acceptors (Lipinski definition) is 4. The van der Waals surface area contributed by atoms with E-state index in [0.29, 0.717) is 17.7 Å². The maximum atomic E-state index is 13.5. The van der Waals surface area contributed by atoms with Crippen LogP contribution >= 0.6 is 24.0 Å². The highest BCUT2D eigenvalue weighted by Gasteiger charge is 2.38. The molecule has 1 heterocycles. The van der Waals surface area contributed by atoms with Gasteiger partial charge in [-0.1, -0.05) is 36.1 Å². The number of benzene rings is 2. The molecular formula is C18H9F4NO3S2. The molecule has 2 aromatic carbocycles. The largest absolute Gasteiger partial charge is 0.478 e. The lowest BCUT2D eigenvalue weighted by atomic mass is 10.1. The number of alkyl halides is 3. The zero-order valence-electron chi connectivity index (χ0n) is 13.7. The van der Waals surface area contributed by atoms with Crippen LogP contribution in [0.5, 0.6) is 0 Å². The summed E-state index contributed by atoms with van der Waals surface area (Å²) in [7, 11) is 0. The molecule has 1 fully saturated rings. The summed E-state index contributed by atoms with van der Waals surface area (Å²) in [6.07, 6.45) is -3.47. The molecule has 1 aliphatic heterocycles. The van der Waals surface area contributed by atoms with Gasteiger partial charge in [0.2, 0.25) is 0 Å². The first kappa shape index (κ1) is 20.0. The van der Waals surface area contributed by atoms with Crippen LogP contribution in [0.15, 0.2) is 47.4 Å². The van der Waals surface area contributed by atoms with Crippen molar-refractivity contribution in [2.24, 2.45) is 0 Å². The lowest BCUT2D eigenvalue weighted by Crippen LogP contribution is -2.28. The Hall–Kier alpha value is -2.72. The molecule has 0 bridgehead atoms. The number of aromatic carboxylic acids is 1. The number of carboxylic acids is 1. The van der Waals surface area contributed by atoms with Crippen molar-refractivity contribution < 1.29 is 32.3 Å². The SMILES string of the molecule is O=C(O)c1ccc(/C=C2\SC(=S)N(c3ccc(F)c(C(F)(F)F)c3)C2=O)cc1. The first-order valence-electron chi connectivity index (χ1n) is 7.56. The molecule has 2 aromatic rings. The molecule has 0 aliphatic carbocycles. The first-order valence-corrected chi connectivity index (χ1v) is 8.78. The molecule has 4 nitrogen and oxygen atoms in total. The van der Waals surface area contributed by atoms with Crippen LogP contribution in [0.1, 0.15) is 21.5 Å². The summed E-state index contributed by atoms with van der Waals surface area (Å²) in [6.45, 7) is 0. The number of carbonyl (C=O) groups is 2. The minimum atomic E-state index is -4.91. The second kappa shape index (κ2) is 7.36. The van der Waals surface area contributed by atoms with Gasteiger partial charge in [0.15, 0.2) is 4.32 Å². The summed E-state index contributed by atoms with van der Waals surface area (Å²) >= 11 is 5.97. The third-order valence-corrected chi connectivity index (χ3v) is 5.06. The quantitative estimate of drug-likeness (QED) is 0.427. The Labute approximate surface area is 165 Å². The molecule has 10 heteroatoms. The Bertz CT molecular complexity index is 1020. The molecule has 1 amide bonds. The lowest BCUT2D eigenvalue weighted by molar-refractivity contribution is -0.140. The predicted octanol–water partition coefficient (Wildman–Crippen LogP) is 4.95. The van der Waals surface area contributed by atoms with Crippen LogP contribution < -0.4 is 4.90 Å². The summed E-state index contributed by atoms with van der Waals surface area (Å²) < 4.78 is 52.3. The van der Waals surface area contributed by atoms with E-state index in [0.717, 1.165) is 22.7 Å². The standard InChI is InChI=1S/C18H9F4NO3S2/c19-13-6-5-11(8-12(13)18(20,21)22)23-15(24)14(28-17(23)27)7-9-1-3-10(4-2-9)16(25)26/h1-8H,(H,25,26)/b14-7-. The molecule has 1 N–H and O–H groups in total. The number of carbonyl (C=O) groups excluding carboxylic acids is 1. The fraction of sp³-hybridized carbons (Fsp3) is 0.0556. The van der Waals surface area contributed by atoms with Gasteiger partial charge in [-0.3, -0.25) is 9.69 Å². The number of halogens is 4. The number of anilines is 1. The Balaban J connectivity index is 1.93. The number of thioether (sulfide) groups is 1. The van der Waals surface area contributed by atoms with Crippen LogP contribution in [0.3, 0.4) is 0 Å². The summed E-state index contributed by atoms with van der Waals surface area (Å²) in [6, 6.07) is 7.87. The smallest absolute Gasteiger partial charge is 0.419 e. The second-order valence-corrected chi connectivity index (χ2v) is 7.28. The number of amides is 1. The topological polar surface area (TPSA) is 57.6 Å². The van der Waals surface area contributed by atoms with Gasteiger partial charge in [0.05, 0.1) is 21.7 Å². The van der Waals surface area contributed by atoms with Gasteiger partial charge in [-0.05, 0) is 42.0 Å². The minimum Gasteiger partial charge on any atom is -0.478 e. The van der Waals surface area contributed by atoms with Crippen LogP contribution in [0.25, 0.3) is 6.08 Å². The summed E-state index contributed by atoms with van der Waals surface area (Å²) in [5.41, 5.74) is -1.11. The van der Waals surface area contributed by atoms with Crippen molar-refractivity contribution in [1.82, 2.24) is 0 Å². The van der Waals surface area contributed by atoms with E-state index in [-0.39, 0.29) is 20.5 Å². The minimum absolute atomic E-state index is 0.00172. The molecular weight excluding hydrogens is 418 g/mol. The van der Waals surface area contributed by atoms with Crippen molar-refractivity contribution >= 4 is 51.9 Å². The van der Waals surface area contributed by atoms with Gasteiger partial charge in [-0.15, -0.1) is 0 Å². The van der Waals surface area contributed by atoms with Crippen molar-refractivity contribution in [3.8, 4) is 0 Å². The van der Waals surface area contributed by atoms with Crippen molar-refractivity contribution in [3.63, 3.8) is 0 Å². The second-order valence-electron chi connectivity index (χ2n) is 5.61. The zero-order valence-corrected chi connectivity index (χ0v) is 15.3. The summed E-state index contributed by atoms with van der Waals surface area (Å²) in [4.78, 5) is 24.5. The monoisotopic (exact) mass is 427 g/mol. The first-order chi connectivity index (χ1) is 13.1. The van der Waals surface area contributed by atoms with Crippen molar-refractivity contribution in [1.29, 1.82) is 0 Å². The highest BCUT2D eigenvalue weighted by molar-refractivity contribution is 8.27. The molecule has 0 unspecified atom stereocenters. The molecule has 3 rings (SSSR count). The van der Waals surface area contributed by atoms with Crippen LogP contribution in [0, 0.1) is 5.82 Å². The van der Waals surface area contributed by atoms with E-state index < -0.39 is 29.4 Å². The molecule has 0 saturated carbocycles. The molecule has 0 aromatic heterocycles. The Kier molecular flexibility index (Phi) is 5.26. The number of hydrogen-bond donors (Lipinski definition) is 1. The Morgan fingerprint density at radius 1 is 1.14 bits per heavy atom. The maximum Gasteiger partial charge on any atom is 0.419 e. The maximum absolute atomic E-state index is 13.5. The van der Waals surface area contributed by atoms with Gasteiger partial charge in [-0.2, -0.15) is 13.2 Å². The highest BCUT2D eigenvalue weighted by Crippen LogP contribution is 2.39. The van der Waals surface area contributed by atoms with Crippen molar-refractivity contribution in [2.75, 3.05) is 4.90 Å². The van der Waals surface area contributed by atoms with Crippen LogP contribution in [-0.4, -0.2) is 21.3 Å². The molecule has 144 valence electrons. The van der Waals surface area contributed by atoms with Gasteiger partial charge in [0.1, 0.15) is 5.82 Å². The molecule has 0 radical (unpaired) electrons. The molecule has 0 atom stereocenters. The normalized spacial score (nSPS) is 16.1. The van der Waals surface area contributed by atoms with E-state index in [1.165, 1.54) is 30.3 Å². The number of carboxylic acid groups (broad SMARTS) is 1. The van der Waals surface area contributed by atoms with Gasteiger partial charge in [0, 0.05) is 0 Å². The van der Waals surface area contributed by atoms with E-state index in [1.54, 1.807) is 0 Å².